The summed E-state index contributed by atoms with van der Waals surface area (Å²) in [6.07, 6.45) is 8.14. The molecule has 27 heavy (non-hydrogen) atoms. The minimum absolute atomic E-state index is 0.0900. The number of primary amides is 1. The molecule has 0 fully saturated rings. The van der Waals surface area contributed by atoms with Crippen LogP contribution in [0.3, 0.4) is 0 Å². The van der Waals surface area contributed by atoms with Crippen molar-refractivity contribution in [2.45, 2.75) is 0 Å². The number of carbonyl (C=O) groups excluding carboxylic acids is 2. The van der Waals surface area contributed by atoms with Crippen LogP contribution >= 0.6 is 0 Å². The largest absolute Gasteiger partial charge is 0.366 e. The second-order valence-corrected chi connectivity index (χ2v) is 5.74. The molecule has 0 saturated heterocycles. The lowest BCUT2D eigenvalue weighted by Gasteiger charge is -2.08. The first-order valence-electron chi connectivity index (χ1n) is 7.89. The SMILES string of the molecule is NC(=O)c1ccc(F)c(NC(=O)c2cnc3ccc(-n4ccnc4)cn23)c1. The van der Waals surface area contributed by atoms with Crippen molar-refractivity contribution < 1.29 is 14.0 Å². The number of carbonyl (C=O) groups is 2. The van der Waals surface area contributed by atoms with Crippen molar-refractivity contribution in [3.05, 3.63) is 78.5 Å². The molecule has 4 aromatic rings. The number of nitrogens with one attached hydrogen (secondary N) is 1. The number of pyridine rings is 1. The van der Waals surface area contributed by atoms with Gasteiger partial charge in [-0.1, -0.05) is 0 Å². The Labute approximate surface area is 152 Å². The van der Waals surface area contributed by atoms with Crippen LogP contribution in [0.4, 0.5) is 10.1 Å². The smallest absolute Gasteiger partial charge is 0.274 e. The van der Waals surface area contributed by atoms with Crippen molar-refractivity contribution in [2.75, 3.05) is 5.32 Å². The van der Waals surface area contributed by atoms with E-state index in [1.54, 1.807) is 40.0 Å². The molecular formula is C18H13FN6O2. The Bertz CT molecular complexity index is 1170. The van der Waals surface area contributed by atoms with Gasteiger partial charge < -0.3 is 15.6 Å². The molecule has 0 saturated carbocycles. The minimum atomic E-state index is -0.717. The summed E-state index contributed by atoms with van der Waals surface area (Å²) >= 11 is 0. The summed E-state index contributed by atoms with van der Waals surface area (Å²) in [5, 5.41) is 2.45. The lowest BCUT2D eigenvalue weighted by atomic mass is 10.2. The van der Waals surface area contributed by atoms with Crippen LogP contribution in [-0.2, 0) is 0 Å². The molecular weight excluding hydrogens is 351 g/mol. The zero-order chi connectivity index (χ0) is 19.0. The zero-order valence-electron chi connectivity index (χ0n) is 13.8. The van der Waals surface area contributed by atoms with E-state index in [-0.39, 0.29) is 16.9 Å². The van der Waals surface area contributed by atoms with E-state index < -0.39 is 17.6 Å². The van der Waals surface area contributed by atoms with E-state index >= 15 is 0 Å². The maximum absolute atomic E-state index is 14.0. The molecule has 3 aromatic heterocycles. The van der Waals surface area contributed by atoms with Gasteiger partial charge in [0.15, 0.2) is 0 Å². The van der Waals surface area contributed by atoms with Gasteiger partial charge in [-0.15, -0.1) is 0 Å². The Morgan fingerprint density at radius 2 is 2.04 bits per heavy atom. The molecule has 3 heterocycles. The van der Waals surface area contributed by atoms with Gasteiger partial charge in [0.05, 0.1) is 23.9 Å². The molecule has 2 amide bonds. The Morgan fingerprint density at radius 3 is 2.78 bits per heavy atom. The number of hydrogen-bond acceptors (Lipinski definition) is 4. The number of aromatic nitrogens is 4. The van der Waals surface area contributed by atoms with E-state index in [1.807, 2.05) is 6.07 Å². The molecule has 134 valence electrons. The molecule has 0 unspecified atom stereocenters. The van der Waals surface area contributed by atoms with Gasteiger partial charge in [0.2, 0.25) is 5.91 Å². The number of rotatable bonds is 4. The van der Waals surface area contributed by atoms with E-state index in [2.05, 4.69) is 15.3 Å². The first-order chi connectivity index (χ1) is 13.0. The molecule has 9 heteroatoms. The summed E-state index contributed by atoms with van der Waals surface area (Å²) in [5.74, 6) is -1.97. The van der Waals surface area contributed by atoms with Gasteiger partial charge in [0.1, 0.15) is 17.2 Å². The van der Waals surface area contributed by atoms with Crippen molar-refractivity contribution >= 4 is 23.1 Å². The van der Waals surface area contributed by atoms with Crippen molar-refractivity contribution in [2.24, 2.45) is 5.73 Å². The topological polar surface area (TPSA) is 107 Å². The van der Waals surface area contributed by atoms with Gasteiger partial charge >= 0.3 is 0 Å². The van der Waals surface area contributed by atoms with Crippen LogP contribution < -0.4 is 11.1 Å². The molecule has 8 nitrogen and oxygen atoms in total. The number of halogens is 1. The van der Waals surface area contributed by atoms with Crippen LogP contribution in [0.1, 0.15) is 20.8 Å². The first kappa shape index (κ1) is 16.5. The van der Waals surface area contributed by atoms with Gasteiger partial charge in [-0.25, -0.2) is 14.4 Å². The van der Waals surface area contributed by atoms with Crippen LogP contribution in [0.25, 0.3) is 11.3 Å². The number of amides is 2. The number of anilines is 1. The Balaban J connectivity index is 1.70. The highest BCUT2D eigenvalue weighted by molar-refractivity contribution is 6.04. The quantitative estimate of drug-likeness (QED) is 0.577. The van der Waals surface area contributed by atoms with E-state index in [0.717, 1.165) is 11.8 Å². The molecule has 0 aliphatic heterocycles. The molecule has 0 radical (unpaired) electrons. The summed E-state index contributed by atoms with van der Waals surface area (Å²) in [6.45, 7) is 0. The normalized spacial score (nSPS) is 10.9. The number of benzene rings is 1. The standard InChI is InChI=1S/C18H13FN6O2/c19-13-3-1-11(17(20)26)7-14(13)23-18(27)15-8-22-16-4-2-12(9-25(15)16)24-6-5-21-10-24/h1-10H,(H2,20,26)(H,23,27). The number of nitrogens with two attached hydrogens (primary N) is 1. The maximum Gasteiger partial charge on any atom is 0.274 e. The zero-order valence-corrected chi connectivity index (χ0v) is 13.8. The monoisotopic (exact) mass is 364 g/mol. The lowest BCUT2D eigenvalue weighted by Crippen LogP contribution is -2.17. The fourth-order valence-corrected chi connectivity index (χ4v) is 2.66. The summed E-state index contributed by atoms with van der Waals surface area (Å²) in [6, 6.07) is 7.10. The maximum atomic E-state index is 14.0. The molecule has 0 aliphatic carbocycles. The highest BCUT2D eigenvalue weighted by Gasteiger charge is 2.16. The van der Waals surface area contributed by atoms with E-state index in [4.69, 9.17) is 5.73 Å². The average molecular weight is 364 g/mol. The molecule has 4 rings (SSSR count). The summed E-state index contributed by atoms with van der Waals surface area (Å²) in [4.78, 5) is 32.1. The summed E-state index contributed by atoms with van der Waals surface area (Å²) in [7, 11) is 0. The first-order valence-corrected chi connectivity index (χ1v) is 7.89. The fourth-order valence-electron chi connectivity index (χ4n) is 2.66. The fraction of sp³-hybridized carbons (Fsp3) is 0. The number of hydrogen-bond donors (Lipinski definition) is 2. The molecule has 0 bridgehead atoms. The third-order valence-corrected chi connectivity index (χ3v) is 4.02. The van der Waals surface area contributed by atoms with Crippen molar-refractivity contribution in [3.63, 3.8) is 0 Å². The van der Waals surface area contributed by atoms with Gasteiger partial charge in [-0.05, 0) is 30.3 Å². The highest BCUT2D eigenvalue weighted by Crippen LogP contribution is 2.18. The second-order valence-electron chi connectivity index (χ2n) is 5.74. The number of fused-ring (bicyclic) bond motifs is 1. The molecule has 0 atom stereocenters. The lowest BCUT2D eigenvalue weighted by molar-refractivity contribution is 0.0995. The second kappa shape index (κ2) is 6.37. The van der Waals surface area contributed by atoms with Crippen LogP contribution in [0.5, 0.6) is 0 Å². The van der Waals surface area contributed by atoms with Gasteiger partial charge in [0.25, 0.3) is 5.91 Å². The Hall–Kier alpha value is -4.01. The van der Waals surface area contributed by atoms with Gasteiger partial charge in [0, 0.05) is 24.2 Å². The molecule has 0 aliphatic rings. The third-order valence-electron chi connectivity index (χ3n) is 4.02. The number of imidazole rings is 2. The third kappa shape index (κ3) is 3.01. The summed E-state index contributed by atoms with van der Waals surface area (Å²) in [5.41, 5.74) is 6.68. The minimum Gasteiger partial charge on any atom is -0.366 e. The Kier molecular flexibility index (Phi) is 3.88. The predicted octanol–water partition coefficient (Wildman–Crippen LogP) is 2.01. The van der Waals surface area contributed by atoms with Gasteiger partial charge in [-0.2, -0.15) is 0 Å². The number of nitrogens with zero attached hydrogens (tertiary/aromatic N) is 4. The Morgan fingerprint density at radius 1 is 1.19 bits per heavy atom. The molecule has 3 N–H and O–H groups in total. The van der Waals surface area contributed by atoms with Crippen molar-refractivity contribution in [1.29, 1.82) is 0 Å². The highest BCUT2D eigenvalue weighted by atomic mass is 19.1. The van der Waals surface area contributed by atoms with Crippen LogP contribution in [-0.4, -0.2) is 30.8 Å². The summed E-state index contributed by atoms with van der Waals surface area (Å²) < 4.78 is 17.4. The molecule has 0 spiro atoms. The predicted molar refractivity (Wildman–Crippen MR) is 95.2 cm³/mol. The van der Waals surface area contributed by atoms with E-state index in [1.165, 1.54) is 18.3 Å². The molecule has 1 aromatic carbocycles. The van der Waals surface area contributed by atoms with Gasteiger partial charge in [-0.3, -0.25) is 14.0 Å². The average Bonchev–Trinajstić information content (AvgIpc) is 3.32. The van der Waals surface area contributed by atoms with E-state index in [9.17, 15) is 14.0 Å². The van der Waals surface area contributed by atoms with Crippen LogP contribution in [0.15, 0.2) is 61.4 Å². The van der Waals surface area contributed by atoms with Crippen LogP contribution in [0.2, 0.25) is 0 Å². The van der Waals surface area contributed by atoms with Crippen molar-refractivity contribution in [1.82, 2.24) is 18.9 Å². The van der Waals surface area contributed by atoms with E-state index in [0.29, 0.717) is 5.65 Å². The van der Waals surface area contributed by atoms with Crippen LogP contribution in [0, 0.1) is 5.82 Å². The van der Waals surface area contributed by atoms with Crippen molar-refractivity contribution in [3.8, 4) is 5.69 Å².